The van der Waals surface area contributed by atoms with Crippen molar-refractivity contribution in [2.75, 3.05) is 6.54 Å². The number of benzene rings is 1. The summed E-state index contributed by atoms with van der Waals surface area (Å²) in [6.45, 7) is 0.173. The SMILES string of the molecule is O=C1C[C@@H]2C=C[C@@]3(CCN(S(=O)(=O)c4ccc([N+](=O)[O-])cc4)[C@@H]13)O2. The van der Waals surface area contributed by atoms with Crippen LogP contribution in [0.25, 0.3) is 0 Å². The number of fused-ring (bicyclic) bond motifs is 1. The number of rotatable bonds is 3. The summed E-state index contributed by atoms with van der Waals surface area (Å²) in [4.78, 5) is 22.5. The van der Waals surface area contributed by atoms with Gasteiger partial charge in [0.1, 0.15) is 11.6 Å². The molecule has 24 heavy (non-hydrogen) atoms. The number of carbonyl (C=O) groups is 1. The lowest BCUT2D eigenvalue weighted by molar-refractivity contribution is -0.384. The lowest BCUT2D eigenvalue weighted by atomic mass is 9.90. The number of nitro groups is 1. The molecule has 0 aliphatic carbocycles. The van der Waals surface area contributed by atoms with Gasteiger partial charge in [0.05, 0.1) is 15.9 Å². The van der Waals surface area contributed by atoms with Gasteiger partial charge >= 0.3 is 0 Å². The first-order valence-electron chi connectivity index (χ1n) is 7.50. The van der Waals surface area contributed by atoms with Crippen molar-refractivity contribution in [1.82, 2.24) is 4.31 Å². The predicted octanol–water partition coefficient (Wildman–Crippen LogP) is 1.02. The molecule has 1 spiro atoms. The molecule has 3 aliphatic heterocycles. The Bertz CT molecular complexity index is 862. The zero-order valence-electron chi connectivity index (χ0n) is 12.5. The van der Waals surface area contributed by atoms with Crippen LogP contribution in [0.3, 0.4) is 0 Å². The Morgan fingerprint density at radius 2 is 2.00 bits per heavy atom. The molecule has 2 fully saturated rings. The van der Waals surface area contributed by atoms with Gasteiger partial charge < -0.3 is 4.74 Å². The Labute approximate surface area is 137 Å². The Morgan fingerprint density at radius 1 is 1.29 bits per heavy atom. The van der Waals surface area contributed by atoms with E-state index in [1.54, 1.807) is 6.08 Å². The molecule has 3 atom stereocenters. The van der Waals surface area contributed by atoms with Crippen LogP contribution in [0, 0.1) is 10.1 Å². The highest BCUT2D eigenvalue weighted by atomic mass is 32.2. The van der Waals surface area contributed by atoms with Crippen molar-refractivity contribution in [2.24, 2.45) is 0 Å². The average Bonchev–Trinajstić information content (AvgIpc) is 3.10. The molecule has 1 aromatic carbocycles. The summed E-state index contributed by atoms with van der Waals surface area (Å²) in [6, 6.07) is 3.81. The van der Waals surface area contributed by atoms with Crippen LogP contribution in [0.1, 0.15) is 12.8 Å². The first-order chi connectivity index (χ1) is 11.3. The number of nitro benzene ring substituents is 1. The molecule has 2 bridgehead atoms. The van der Waals surface area contributed by atoms with Gasteiger partial charge in [0.15, 0.2) is 5.78 Å². The van der Waals surface area contributed by atoms with Crippen molar-refractivity contribution in [1.29, 1.82) is 0 Å². The third-order valence-electron chi connectivity index (χ3n) is 4.80. The van der Waals surface area contributed by atoms with Crippen LogP contribution in [0.4, 0.5) is 5.69 Å². The van der Waals surface area contributed by atoms with Crippen molar-refractivity contribution in [3.05, 3.63) is 46.5 Å². The number of non-ortho nitro benzene ring substituents is 1. The Balaban J connectivity index is 1.71. The number of hydrogen-bond acceptors (Lipinski definition) is 6. The topological polar surface area (TPSA) is 107 Å². The van der Waals surface area contributed by atoms with Crippen molar-refractivity contribution in [2.45, 2.75) is 35.5 Å². The maximum absolute atomic E-state index is 12.9. The van der Waals surface area contributed by atoms with Gasteiger partial charge in [0.2, 0.25) is 10.0 Å². The summed E-state index contributed by atoms with van der Waals surface area (Å²) < 4.78 is 32.9. The van der Waals surface area contributed by atoms with Crippen LogP contribution in [-0.4, -0.2) is 47.7 Å². The Hall–Kier alpha value is -2.10. The Kier molecular flexibility index (Phi) is 3.18. The second-order valence-corrected chi connectivity index (χ2v) is 8.05. The molecule has 0 N–H and O–H groups in total. The van der Waals surface area contributed by atoms with Crippen LogP contribution in [0.15, 0.2) is 41.3 Å². The smallest absolute Gasteiger partial charge is 0.269 e. The van der Waals surface area contributed by atoms with Crippen LogP contribution in [0.2, 0.25) is 0 Å². The van der Waals surface area contributed by atoms with E-state index < -0.39 is 26.6 Å². The molecule has 0 saturated carbocycles. The Morgan fingerprint density at radius 3 is 2.67 bits per heavy atom. The van der Waals surface area contributed by atoms with Gasteiger partial charge in [-0.1, -0.05) is 12.2 Å². The number of ether oxygens (including phenoxy) is 1. The number of nitrogens with zero attached hydrogens (tertiary/aromatic N) is 2. The number of Topliss-reactive ketones (excluding diaryl/α,β-unsaturated/α-hetero) is 1. The standard InChI is InChI=1S/C15H14N2O6S/c18-13-9-11-5-6-15(23-11)7-8-16(14(13)15)24(21,22)12-3-1-10(2-4-12)17(19)20/h1-6,11,14H,7-9H2/t11-,14-,15-/m0/s1. The van der Waals surface area contributed by atoms with Crippen LogP contribution in [0.5, 0.6) is 0 Å². The van der Waals surface area contributed by atoms with Gasteiger partial charge in [0, 0.05) is 25.1 Å². The molecule has 0 radical (unpaired) electrons. The molecule has 3 aliphatic rings. The highest BCUT2D eigenvalue weighted by molar-refractivity contribution is 7.89. The summed E-state index contributed by atoms with van der Waals surface area (Å²) in [5.74, 6) is -0.153. The van der Waals surface area contributed by atoms with E-state index in [0.717, 1.165) is 12.1 Å². The summed E-state index contributed by atoms with van der Waals surface area (Å²) in [7, 11) is -3.94. The summed E-state index contributed by atoms with van der Waals surface area (Å²) in [6.07, 6.45) is 3.94. The number of hydrogen-bond donors (Lipinski definition) is 0. The molecule has 4 rings (SSSR count). The molecule has 1 aromatic rings. The van der Waals surface area contributed by atoms with Gasteiger partial charge in [-0.3, -0.25) is 14.9 Å². The number of ketones is 1. The molecule has 0 amide bonds. The largest absolute Gasteiger partial charge is 0.361 e. The highest BCUT2D eigenvalue weighted by Gasteiger charge is 2.59. The predicted molar refractivity (Wildman–Crippen MR) is 81.8 cm³/mol. The third kappa shape index (κ3) is 2.05. The molecule has 126 valence electrons. The highest BCUT2D eigenvalue weighted by Crippen LogP contribution is 2.45. The van der Waals surface area contributed by atoms with Gasteiger partial charge in [-0.25, -0.2) is 8.42 Å². The molecular weight excluding hydrogens is 336 g/mol. The summed E-state index contributed by atoms with van der Waals surface area (Å²) in [5.41, 5.74) is -1.06. The zero-order valence-corrected chi connectivity index (χ0v) is 13.3. The van der Waals surface area contributed by atoms with Crippen LogP contribution in [-0.2, 0) is 19.6 Å². The number of carbonyl (C=O) groups excluding carboxylic acids is 1. The summed E-state index contributed by atoms with van der Waals surface area (Å²) >= 11 is 0. The lowest BCUT2D eigenvalue weighted by Crippen LogP contribution is -2.55. The first kappa shape index (κ1) is 15.4. The minimum absolute atomic E-state index is 0.0675. The quantitative estimate of drug-likeness (QED) is 0.458. The fraction of sp³-hybridized carbons (Fsp3) is 0.400. The molecule has 3 heterocycles. The van der Waals surface area contributed by atoms with E-state index >= 15 is 0 Å². The van der Waals surface area contributed by atoms with Gasteiger partial charge in [0.25, 0.3) is 5.69 Å². The van der Waals surface area contributed by atoms with E-state index in [2.05, 4.69) is 0 Å². The lowest BCUT2D eigenvalue weighted by Gasteiger charge is -2.37. The molecule has 2 saturated heterocycles. The molecule has 8 nitrogen and oxygen atoms in total. The zero-order chi connectivity index (χ0) is 17.1. The minimum Gasteiger partial charge on any atom is -0.361 e. The van der Waals surface area contributed by atoms with E-state index in [9.17, 15) is 23.3 Å². The van der Waals surface area contributed by atoms with Gasteiger partial charge in [-0.2, -0.15) is 4.31 Å². The molecule has 9 heteroatoms. The second kappa shape index (κ2) is 4.95. The van der Waals surface area contributed by atoms with E-state index in [1.807, 2.05) is 6.08 Å². The second-order valence-electron chi connectivity index (χ2n) is 6.16. The monoisotopic (exact) mass is 350 g/mol. The van der Waals surface area contributed by atoms with Crippen molar-refractivity contribution in [3.8, 4) is 0 Å². The van der Waals surface area contributed by atoms with Crippen molar-refractivity contribution >= 4 is 21.5 Å². The van der Waals surface area contributed by atoms with Crippen LogP contribution < -0.4 is 0 Å². The fourth-order valence-corrected chi connectivity index (χ4v) is 5.37. The molecule has 0 aromatic heterocycles. The normalized spacial score (nSPS) is 32.1. The van der Waals surface area contributed by atoms with E-state index in [4.69, 9.17) is 4.74 Å². The van der Waals surface area contributed by atoms with Crippen LogP contribution >= 0.6 is 0 Å². The van der Waals surface area contributed by atoms with E-state index in [1.165, 1.54) is 16.4 Å². The van der Waals surface area contributed by atoms with Gasteiger partial charge in [-0.05, 0) is 18.6 Å². The van der Waals surface area contributed by atoms with E-state index in [0.29, 0.717) is 6.42 Å². The summed E-state index contributed by atoms with van der Waals surface area (Å²) in [5, 5.41) is 10.7. The van der Waals surface area contributed by atoms with Gasteiger partial charge in [-0.15, -0.1) is 0 Å². The van der Waals surface area contributed by atoms with Crippen molar-refractivity contribution in [3.63, 3.8) is 0 Å². The maximum Gasteiger partial charge on any atom is 0.269 e. The van der Waals surface area contributed by atoms with E-state index in [-0.39, 0.29) is 35.4 Å². The molecular formula is C15H14N2O6S. The first-order valence-corrected chi connectivity index (χ1v) is 8.94. The fourth-order valence-electron chi connectivity index (χ4n) is 3.71. The third-order valence-corrected chi connectivity index (χ3v) is 6.68. The molecule has 0 unspecified atom stereocenters. The maximum atomic E-state index is 12.9. The minimum atomic E-state index is -3.94. The van der Waals surface area contributed by atoms with Crippen molar-refractivity contribution < 1.29 is 22.9 Å². The number of sulfonamides is 1. The average molecular weight is 350 g/mol.